The topological polar surface area (TPSA) is 54.2 Å². The first-order chi connectivity index (χ1) is 12.4. The van der Waals surface area contributed by atoms with E-state index in [1.165, 1.54) is 12.1 Å². The SMILES string of the molecule is CCNC(=NCc1nccn1CC(C)C)NC(C)c1ccc(F)cc1F. The molecular formula is C19H27F2N5. The van der Waals surface area contributed by atoms with Crippen molar-refractivity contribution >= 4 is 5.96 Å². The summed E-state index contributed by atoms with van der Waals surface area (Å²) in [5.74, 6) is 0.781. The van der Waals surface area contributed by atoms with Crippen LogP contribution in [0.15, 0.2) is 35.6 Å². The second-order valence-corrected chi connectivity index (χ2v) is 6.62. The van der Waals surface area contributed by atoms with Gasteiger partial charge in [-0.25, -0.2) is 18.8 Å². The lowest BCUT2D eigenvalue weighted by Gasteiger charge is -2.19. The Kier molecular flexibility index (Phi) is 7.12. The van der Waals surface area contributed by atoms with Crippen LogP contribution in [0.25, 0.3) is 0 Å². The maximum atomic E-state index is 14.0. The minimum Gasteiger partial charge on any atom is -0.357 e. The van der Waals surface area contributed by atoms with Crippen LogP contribution in [0.5, 0.6) is 0 Å². The Bertz CT molecular complexity index is 739. The van der Waals surface area contributed by atoms with Crippen LogP contribution >= 0.6 is 0 Å². The predicted octanol–water partition coefficient (Wildman–Crippen LogP) is 3.63. The number of aromatic nitrogens is 2. The van der Waals surface area contributed by atoms with Crippen LogP contribution < -0.4 is 10.6 Å². The van der Waals surface area contributed by atoms with E-state index >= 15 is 0 Å². The standard InChI is InChI=1S/C19H27F2N5/c1-5-22-19(24-11-18-23-8-9-26(18)12-13(2)3)25-14(4)16-7-6-15(20)10-17(16)21/h6-10,13-14H,5,11-12H2,1-4H3,(H2,22,24,25). The summed E-state index contributed by atoms with van der Waals surface area (Å²) < 4.78 is 29.1. The quantitative estimate of drug-likeness (QED) is 0.583. The zero-order chi connectivity index (χ0) is 19.1. The van der Waals surface area contributed by atoms with Crippen molar-refractivity contribution < 1.29 is 8.78 Å². The highest BCUT2D eigenvalue weighted by Crippen LogP contribution is 2.17. The third-order valence-corrected chi connectivity index (χ3v) is 3.87. The zero-order valence-corrected chi connectivity index (χ0v) is 15.8. The monoisotopic (exact) mass is 363 g/mol. The molecule has 5 nitrogen and oxygen atoms in total. The second kappa shape index (κ2) is 9.31. The van der Waals surface area contributed by atoms with E-state index in [2.05, 4.69) is 39.0 Å². The molecule has 0 saturated carbocycles. The fourth-order valence-electron chi connectivity index (χ4n) is 2.66. The van der Waals surface area contributed by atoms with Gasteiger partial charge in [-0.15, -0.1) is 0 Å². The molecule has 1 aromatic carbocycles. The summed E-state index contributed by atoms with van der Waals surface area (Å²) in [5.41, 5.74) is 0.387. The average Bonchev–Trinajstić information content (AvgIpc) is 2.99. The van der Waals surface area contributed by atoms with Crippen LogP contribution in [-0.2, 0) is 13.1 Å². The number of benzene rings is 1. The second-order valence-electron chi connectivity index (χ2n) is 6.62. The van der Waals surface area contributed by atoms with Crippen molar-refractivity contribution in [2.75, 3.05) is 6.54 Å². The van der Waals surface area contributed by atoms with E-state index in [1.54, 1.807) is 6.20 Å². The van der Waals surface area contributed by atoms with Gasteiger partial charge in [0.1, 0.15) is 24.0 Å². The van der Waals surface area contributed by atoms with Gasteiger partial charge in [-0.3, -0.25) is 0 Å². The molecule has 0 aliphatic carbocycles. The van der Waals surface area contributed by atoms with Gasteiger partial charge in [-0.1, -0.05) is 19.9 Å². The Morgan fingerprint density at radius 2 is 2.04 bits per heavy atom. The largest absolute Gasteiger partial charge is 0.357 e. The van der Waals surface area contributed by atoms with Gasteiger partial charge in [0, 0.05) is 37.1 Å². The molecule has 7 heteroatoms. The molecule has 1 unspecified atom stereocenters. The number of hydrogen-bond donors (Lipinski definition) is 2. The van der Waals surface area contributed by atoms with Gasteiger partial charge in [0.05, 0.1) is 6.04 Å². The minimum atomic E-state index is -0.587. The third-order valence-electron chi connectivity index (χ3n) is 3.87. The number of halogens is 2. The van der Waals surface area contributed by atoms with Gasteiger partial charge in [0.15, 0.2) is 5.96 Å². The molecule has 0 bridgehead atoms. The maximum Gasteiger partial charge on any atom is 0.192 e. The smallest absolute Gasteiger partial charge is 0.192 e. The van der Waals surface area contributed by atoms with Crippen molar-refractivity contribution in [2.24, 2.45) is 10.9 Å². The van der Waals surface area contributed by atoms with E-state index in [-0.39, 0.29) is 6.04 Å². The number of aliphatic imine (C=N–C) groups is 1. The molecule has 0 fully saturated rings. The number of hydrogen-bond acceptors (Lipinski definition) is 2. The summed E-state index contributed by atoms with van der Waals surface area (Å²) in [6, 6.07) is 3.23. The van der Waals surface area contributed by atoms with E-state index < -0.39 is 11.6 Å². The normalized spacial score (nSPS) is 13.1. The van der Waals surface area contributed by atoms with Crippen LogP contribution in [0.4, 0.5) is 8.78 Å². The lowest BCUT2D eigenvalue weighted by Crippen LogP contribution is -2.39. The van der Waals surface area contributed by atoms with Crippen molar-refractivity contribution in [1.29, 1.82) is 0 Å². The van der Waals surface area contributed by atoms with Crippen molar-refractivity contribution in [2.45, 2.75) is 46.8 Å². The fraction of sp³-hybridized carbons (Fsp3) is 0.474. The molecule has 0 saturated heterocycles. The van der Waals surface area contributed by atoms with Gasteiger partial charge >= 0.3 is 0 Å². The number of imidazole rings is 1. The molecule has 0 spiro atoms. The summed E-state index contributed by atoms with van der Waals surface area (Å²) in [6.45, 7) is 10.0. The number of guanidine groups is 1. The Morgan fingerprint density at radius 3 is 2.69 bits per heavy atom. The van der Waals surface area contributed by atoms with Crippen molar-refractivity contribution in [3.8, 4) is 0 Å². The minimum absolute atomic E-state index is 0.358. The molecule has 2 N–H and O–H groups in total. The Morgan fingerprint density at radius 1 is 1.27 bits per heavy atom. The van der Waals surface area contributed by atoms with E-state index in [0.29, 0.717) is 30.5 Å². The van der Waals surface area contributed by atoms with Crippen LogP contribution in [-0.4, -0.2) is 22.1 Å². The number of nitrogens with zero attached hydrogens (tertiary/aromatic N) is 3. The van der Waals surface area contributed by atoms with E-state index in [0.717, 1.165) is 18.4 Å². The summed E-state index contributed by atoms with van der Waals surface area (Å²) in [7, 11) is 0. The molecule has 2 aromatic rings. The van der Waals surface area contributed by atoms with Gasteiger partial charge in [0.2, 0.25) is 0 Å². The first kappa shape index (κ1) is 19.9. The highest BCUT2D eigenvalue weighted by atomic mass is 19.1. The van der Waals surface area contributed by atoms with Gasteiger partial charge in [-0.05, 0) is 25.8 Å². The van der Waals surface area contributed by atoms with Gasteiger partial charge in [0.25, 0.3) is 0 Å². The Labute approximate surface area is 153 Å². The highest BCUT2D eigenvalue weighted by molar-refractivity contribution is 5.80. The summed E-state index contributed by atoms with van der Waals surface area (Å²) in [4.78, 5) is 8.91. The molecule has 1 heterocycles. The van der Waals surface area contributed by atoms with Crippen LogP contribution in [0.2, 0.25) is 0 Å². The Balaban J connectivity index is 2.10. The molecule has 26 heavy (non-hydrogen) atoms. The number of nitrogens with one attached hydrogen (secondary N) is 2. The first-order valence-corrected chi connectivity index (χ1v) is 8.90. The van der Waals surface area contributed by atoms with Crippen LogP contribution in [0, 0.1) is 17.6 Å². The van der Waals surface area contributed by atoms with Gasteiger partial charge < -0.3 is 15.2 Å². The zero-order valence-electron chi connectivity index (χ0n) is 15.8. The first-order valence-electron chi connectivity index (χ1n) is 8.90. The molecule has 0 aliphatic heterocycles. The molecule has 0 amide bonds. The molecule has 0 radical (unpaired) electrons. The molecule has 142 valence electrons. The van der Waals surface area contributed by atoms with E-state index in [4.69, 9.17) is 0 Å². The van der Waals surface area contributed by atoms with Crippen molar-refractivity contribution in [3.05, 3.63) is 53.6 Å². The fourth-order valence-corrected chi connectivity index (χ4v) is 2.66. The number of rotatable bonds is 7. The van der Waals surface area contributed by atoms with E-state index in [9.17, 15) is 8.78 Å². The molecule has 1 atom stereocenters. The van der Waals surface area contributed by atoms with Crippen molar-refractivity contribution in [1.82, 2.24) is 20.2 Å². The van der Waals surface area contributed by atoms with Crippen LogP contribution in [0.1, 0.15) is 45.1 Å². The molecule has 2 rings (SSSR count). The average molecular weight is 363 g/mol. The Hall–Kier alpha value is -2.44. The lowest BCUT2D eigenvalue weighted by molar-refractivity contribution is 0.507. The summed E-state index contributed by atoms with van der Waals surface area (Å²) >= 11 is 0. The maximum absolute atomic E-state index is 14.0. The highest BCUT2D eigenvalue weighted by Gasteiger charge is 2.13. The molecular weight excluding hydrogens is 336 g/mol. The van der Waals surface area contributed by atoms with Gasteiger partial charge in [-0.2, -0.15) is 0 Å². The van der Waals surface area contributed by atoms with Crippen molar-refractivity contribution in [3.63, 3.8) is 0 Å². The predicted molar refractivity (Wildman–Crippen MR) is 99.8 cm³/mol. The molecule has 1 aromatic heterocycles. The lowest BCUT2D eigenvalue weighted by atomic mass is 10.1. The summed E-state index contributed by atoms with van der Waals surface area (Å²) in [5, 5.41) is 6.30. The third kappa shape index (κ3) is 5.54. The van der Waals surface area contributed by atoms with E-state index in [1.807, 2.05) is 20.0 Å². The molecule has 0 aliphatic rings. The summed E-state index contributed by atoms with van der Waals surface area (Å²) in [6.07, 6.45) is 3.71. The van der Waals surface area contributed by atoms with Crippen LogP contribution in [0.3, 0.4) is 0 Å².